The highest BCUT2D eigenvalue weighted by Crippen LogP contribution is 2.09. The lowest BCUT2D eigenvalue weighted by molar-refractivity contribution is 0.0752. The highest BCUT2D eigenvalue weighted by Gasteiger charge is 2.15. The summed E-state index contributed by atoms with van der Waals surface area (Å²) in [7, 11) is 0. The third-order valence-electron chi connectivity index (χ3n) is 2.64. The number of pyridine rings is 1. The van der Waals surface area contributed by atoms with Crippen LogP contribution in [0.25, 0.3) is 0 Å². The van der Waals surface area contributed by atoms with Crippen molar-refractivity contribution in [3.8, 4) is 5.88 Å². The molecule has 5 nitrogen and oxygen atoms in total. The van der Waals surface area contributed by atoms with E-state index in [1.807, 2.05) is 6.92 Å². The summed E-state index contributed by atoms with van der Waals surface area (Å²) in [4.78, 5) is 27.4. The monoisotopic (exact) mass is 252 g/mol. The Balaban J connectivity index is 2.90. The number of H-pyrrole nitrogens is 1. The molecule has 1 aromatic heterocycles. The van der Waals surface area contributed by atoms with Gasteiger partial charge in [0.2, 0.25) is 0 Å². The number of hydrogen-bond acceptors (Lipinski definition) is 3. The van der Waals surface area contributed by atoms with Gasteiger partial charge in [-0.3, -0.25) is 14.6 Å². The Kier molecular flexibility index (Phi) is 5.42. The summed E-state index contributed by atoms with van der Waals surface area (Å²) in [6, 6.07) is 2.51. The number of unbranched alkanes of at least 4 members (excludes halogenated alkanes) is 1. The highest BCUT2D eigenvalue weighted by molar-refractivity contribution is 5.94. The first-order chi connectivity index (χ1) is 8.58. The molecule has 0 saturated carbocycles. The summed E-state index contributed by atoms with van der Waals surface area (Å²) in [5.41, 5.74) is -0.230. The summed E-state index contributed by atoms with van der Waals surface area (Å²) in [6.45, 7) is 5.40. The van der Waals surface area contributed by atoms with Crippen molar-refractivity contribution in [1.29, 1.82) is 0 Å². The molecule has 1 aromatic rings. The van der Waals surface area contributed by atoms with Crippen LogP contribution in [0.5, 0.6) is 5.88 Å². The molecule has 1 heterocycles. The van der Waals surface area contributed by atoms with Crippen molar-refractivity contribution >= 4 is 5.91 Å². The SMILES string of the molecule is CCCCN(CCC)C(=O)c1cc(O)[nH]c(=O)c1. The molecule has 1 amide bonds. The third kappa shape index (κ3) is 3.91. The van der Waals surface area contributed by atoms with Crippen LogP contribution in [-0.2, 0) is 0 Å². The van der Waals surface area contributed by atoms with Crippen LogP contribution in [0, 0.1) is 0 Å². The van der Waals surface area contributed by atoms with Gasteiger partial charge in [0, 0.05) is 25.2 Å². The second kappa shape index (κ2) is 6.83. The minimum atomic E-state index is -0.467. The molecule has 0 atom stereocenters. The van der Waals surface area contributed by atoms with Crippen LogP contribution in [0.2, 0.25) is 0 Å². The fraction of sp³-hybridized carbons (Fsp3) is 0.538. The van der Waals surface area contributed by atoms with Crippen molar-refractivity contribution in [1.82, 2.24) is 9.88 Å². The molecule has 18 heavy (non-hydrogen) atoms. The van der Waals surface area contributed by atoms with Crippen molar-refractivity contribution in [3.05, 3.63) is 28.0 Å². The Labute approximate surface area is 106 Å². The van der Waals surface area contributed by atoms with Gasteiger partial charge < -0.3 is 10.0 Å². The Morgan fingerprint density at radius 2 is 2.00 bits per heavy atom. The number of hydrogen-bond donors (Lipinski definition) is 2. The predicted octanol–water partition coefficient (Wildman–Crippen LogP) is 1.73. The Morgan fingerprint density at radius 3 is 2.56 bits per heavy atom. The lowest BCUT2D eigenvalue weighted by atomic mass is 10.2. The first-order valence-corrected chi connectivity index (χ1v) is 6.31. The number of amides is 1. The zero-order valence-corrected chi connectivity index (χ0v) is 10.9. The number of nitrogens with one attached hydrogen (secondary N) is 1. The van der Waals surface area contributed by atoms with Gasteiger partial charge in [-0.25, -0.2) is 0 Å². The number of aromatic amines is 1. The number of carbonyl (C=O) groups excluding carboxylic acids is 1. The van der Waals surface area contributed by atoms with E-state index in [9.17, 15) is 14.7 Å². The van der Waals surface area contributed by atoms with Crippen LogP contribution in [0.3, 0.4) is 0 Å². The van der Waals surface area contributed by atoms with Crippen molar-refractivity contribution in [2.75, 3.05) is 13.1 Å². The zero-order valence-electron chi connectivity index (χ0n) is 10.9. The van der Waals surface area contributed by atoms with Gasteiger partial charge in [0.1, 0.15) is 0 Å². The molecular formula is C13H20N2O3. The van der Waals surface area contributed by atoms with Gasteiger partial charge in [0.05, 0.1) is 5.56 Å². The minimum absolute atomic E-state index is 0.202. The molecule has 0 fully saturated rings. The van der Waals surface area contributed by atoms with Crippen LogP contribution in [0.1, 0.15) is 43.5 Å². The Bertz CT molecular complexity index is 454. The molecule has 1 rings (SSSR count). The van der Waals surface area contributed by atoms with E-state index >= 15 is 0 Å². The van der Waals surface area contributed by atoms with Gasteiger partial charge in [0.15, 0.2) is 5.88 Å². The zero-order chi connectivity index (χ0) is 13.5. The van der Waals surface area contributed by atoms with E-state index in [1.165, 1.54) is 12.1 Å². The molecular weight excluding hydrogens is 232 g/mol. The molecule has 0 spiro atoms. The van der Waals surface area contributed by atoms with Crippen molar-refractivity contribution in [2.45, 2.75) is 33.1 Å². The molecule has 0 saturated heterocycles. The number of aromatic nitrogens is 1. The minimum Gasteiger partial charge on any atom is -0.494 e. The van der Waals surface area contributed by atoms with Crippen molar-refractivity contribution in [3.63, 3.8) is 0 Å². The van der Waals surface area contributed by atoms with E-state index in [0.29, 0.717) is 13.1 Å². The second-order valence-corrected chi connectivity index (χ2v) is 4.26. The highest BCUT2D eigenvalue weighted by atomic mass is 16.3. The number of carbonyl (C=O) groups is 1. The van der Waals surface area contributed by atoms with E-state index in [1.54, 1.807) is 4.90 Å². The molecule has 0 aromatic carbocycles. The average molecular weight is 252 g/mol. The van der Waals surface area contributed by atoms with E-state index in [4.69, 9.17) is 0 Å². The predicted molar refractivity (Wildman–Crippen MR) is 69.8 cm³/mol. The fourth-order valence-electron chi connectivity index (χ4n) is 1.77. The van der Waals surface area contributed by atoms with Gasteiger partial charge in [-0.2, -0.15) is 0 Å². The van der Waals surface area contributed by atoms with Crippen LogP contribution in [0.4, 0.5) is 0 Å². The maximum absolute atomic E-state index is 12.2. The molecule has 0 radical (unpaired) electrons. The van der Waals surface area contributed by atoms with Gasteiger partial charge in [0.25, 0.3) is 11.5 Å². The fourth-order valence-corrected chi connectivity index (χ4v) is 1.77. The number of nitrogens with zero attached hydrogens (tertiary/aromatic N) is 1. The normalized spacial score (nSPS) is 10.3. The molecule has 5 heteroatoms. The van der Waals surface area contributed by atoms with Crippen LogP contribution in [-0.4, -0.2) is 34.0 Å². The second-order valence-electron chi connectivity index (χ2n) is 4.26. The smallest absolute Gasteiger partial charge is 0.254 e. The van der Waals surface area contributed by atoms with Crippen LogP contribution >= 0.6 is 0 Å². The lowest BCUT2D eigenvalue weighted by Gasteiger charge is -2.21. The lowest BCUT2D eigenvalue weighted by Crippen LogP contribution is -2.33. The van der Waals surface area contributed by atoms with Crippen molar-refractivity contribution in [2.24, 2.45) is 0 Å². The Hall–Kier alpha value is -1.78. The largest absolute Gasteiger partial charge is 0.494 e. The molecule has 0 aliphatic heterocycles. The van der Waals surface area contributed by atoms with Gasteiger partial charge in [-0.15, -0.1) is 0 Å². The Morgan fingerprint density at radius 1 is 1.28 bits per heavy atom. The summed E-state index contributed by atoms with van der Waals surface area (Å²) < 4.78 is 0. The van der Waals surface area contributed by atoms with E-state index in [-0.39, 0.29) is 17.4 Å². The molecule has 0 aliphatic rings. The number of aromatic hydroxyl groups is 1. The van der Waals surface area contributed by atoms with E-state index in [0.717, 1.165) is 19.3 Å². The summed E-state index contributed by atoms with van der Waals surface area (Å²) in [5, 5.41) is 9.30. The molecule has 2 N–H and O–H groups in total. The van der Waals surface area contributed by atoms with Gasteiger partial charge in [-0.1, -0.05) is 20.3 Å². The van der Waals surface area contributed by atoms with Crippen LogP contribution in [0.15, 0.2) is 16.9 Å². The van der Waals surface area contributed by atoms with Gasteiger partial charge >= 0.3 is 0 Å². The maximum Gasteiger partial charge on any atom is 0.254 e. The first kappa shape index (κ1) is 14.3. The molecule has 100 valence electrons. The third-order valence-corrected chi connectivity index (χ3v) is 2.64. The molecule has 0 unspecified atom stereocenters. The first-order valence-electron chi connectivity index (χ1n) is 6.31. The van der Waals surface area contributed by atoms with E-state index in [2.05, 4.69) is 11.9 Å². The topological polar surface area (TPSA) is 73.4 Å². The maximum atomic E-state index is 12.2. The van der Waals surface area contributed by atoms with E-state index < -0.39 is 5.56 Å². The quantitative estimate of drug-likeness (QED) is 0.809. The summed E-state index contributed by atoms with van der Waals surface area (Å²) in [6.07, 6.45) is 2.81. The molecule has 0 aliphatic carbocycles. The summed E-state index contributed by atoms with van der Waals surface area (Å²) in [5.74, 6) is -0.482. The average Bonchev–Trinajstić information content (AvgIpc) is 2.32. The summed E-state index contributed by atoms with van der Waals surface area (Å²) >= 11 is 0. The van der Waals surface area contributed by atoms with Gasteiger partial charge in [-0.05, 0) is 12.8 Å². The standard InChI is InChI=1S/C13H20N2O3/c1-3-5-7-15(6-4-2)13(18)10-8-11(16)14-12(17)9-10/h8-9H,3-7H2,1-2H3,(H2,14,16,17). The molecule has 0 bridgehead atoms. The number of rotatable bonds is 6. The van der Waals surface area contributed by atoms with Crippen molar-refractivity contribution < 1.29 is 9.90 Å². The van der Waals surface area contributed by atoms with Crippen LogP contribution < -0.4 is 5.56 Å².